The zero-order chi connectivity index (χ0) is 12.3. The van der Waals surface area contributed by atoms with E-state index in [1.165, 1.54) is 6.33 Å². The molecule has 0 unspecified atom stereocenters. The quantitative estimate of drug-likeness (QED) is 0.600. The first-order chi connectivity index (χ1) is 8.19. The molecule has 1 aromatic carbocycles. The van der Waals surface area contributed by atoms with Crippen molar-refractivity contribution in [2.45, 2.75) is 0 Å². The summed E-state index contributed by atoms with van der Waals surface area (Å²) in [7, 11) is 0. The number of halogens is 2. The van der Waals surface area contributed by atoms with Gasteiger partial charge in [-0.1, -0.05) is 27.5 Å². The summed E-state index contributed by atoms with van der Waals surface area (Å²) >= 11 is 9.42. The molecule has 0 atom stereocenters. The first-order valence-electron chi connectivity index (χ1n) is 4.70. The zero-order valence-corrected chi connectivity index (χ0v) is 11.0. The Hall–Kier alpha value is -1.37. The Morgan fingerprint density at radius 1 is 1.18 bits per heavy atom. The maximum Gasteiger partial charge on any atom is 0.145 e. The molecule has 0 radical (unpaired) electrons. The van der Waals surface area contributed by atoms with E-state index in [0.29, 0.717) is 16.7 Å². The van der Waals surface area contributed by atoms with Gasteiger partial charge < -0.3 is 10.7 Å². The van der Waals surface area contributed by atoms with E-state index in [2.05, 4.69) is 36.6 Å². The van der Waals surface area contributed by atoms with Crippen LogP contribution in [0.25, 0.3) is 0 Å². The van der Waals surface area contributed by atoms with E-state index in [1.54, 1.807) is 12.1 Å². The van der Waals surface area contributed by atoms with E-state index in [9.17, 15) is 0 Å². The Morgan fingerprint density at radius 2 is 1.94 bits per heavy atom. The van der Waals surface area contributed by atoms with Crippen molar-refractivity contribution in [2.24, 2.45) is 5.84 Å². The highest BCUT2D eigenvalue weighted by Crippen LogP contribution is 2.27. The number of hydrogen-bond acceptors (Lipinski definition) is 5. The molecule has 5 nitrogen and oxygen atoms in total. The average molecular weight is 315 g/mol. The molecule has 1 heterocycles. The molecule has 0 aliphatic heterocycles. The maximum absolute atomic E-state index is 6.08. The number of hydrazine groups is 1. The Balaban J connectivity index is 2.25. The monoisotopic (exact) mass is 313 g/mol. The molecule has 0 bridgehead atoms. The summed E-state index contributed by atoms with van der Waals surface area (Å²) in [5.41, 5.74) is 3.21. The van der Waals surface area contributed by atoms with Gasteiger partial charge in [0, 0.05) is 10.5 Å². The van der Waals surface area contributed by atoms with Crippen molar-refractivity contribution in [3.63, 3.8) is 0 Å². The number of rotatable bonds is 3. The zero-order valence-electron chi connectivity index (χ0n) is 8.61. The van der Waals surface area contributed by atoms with Gasteiger partial charge in [0.15, 0.2) is 0 Å². The van der Waals surface area contributed by atoms with Crippen molar-refractivity contribution in [1.82, 2.24) is 9.97 Å². The predicted molar refractivity (Wildman–Crippen MR) is 72.3 cm³/mol. The van der Waals surface area contributed by atoms with Gasteiger partial charge in [0.1, 0.15) is 18.0 Å². The molecule has 2 aromatic rings. The third-order valence-corrected chi connectivity index (χ3v) is 2.81. The van der Waals surface area contributed by atoms with Gasteiger partial charge in [0.05, 0.1) is 10.7 Å². The SMILES string of the molecule is NNc1cc(Nc2ccc(Br)cc2Cl)ncn1. The fourth-order valence-corrected chi connectivity index (χ4v) is 1.95. The lowest BCUT2D eigenvalue weighted by Gasteiger charge is -2.08. The van der Waals surface area contributed by atoms with Crippen LogP contribution in [0.3, 0.4) is 0 Å². The first-order valence-corrected chi connectivity index (χ1v) is 5.87. The van der Waals surface area contributed by atoms with Crippen LogP contribution in [0.4, 0.5) is 17.3 Å². The van der Waals surface area contributed by atoms with Gasteiger partial charge in [-0.3, -0.25) is 0 Å². The Labute approximate surface area is 112 Å². The second-order valence-electron chi connectivity index (χ2n) is 3.18. The molecule has 0 fully saturated rings. The lowest BCUT2D eigenvalue weighted by molar-refractivity contribution is 1.14. The van der Waals surface area contributed by atoms with Gasteiger partial charge >= 0.3 is 0 Å². The van der Waals surface area contributed by atoms with Crippen LogP contribution >= 0.6 is 27.5 Å². The van der Waals surface area contributed by atoms with Gasteiger partial charge in [-0.25, -0.2) is 15.8 Å². The van der Waals surface area contributed by atoms with Crippen LogP contribution in [-0.4, -0.2) is 9.97 Å². The lowest BCUT2D eigenvalue weighted by atomic mass is 10.3. The number of benzene rings is 1. The topological polar surface area (TPSA) is 75.9 Å². The molecule has 1 aromatic heterocycles. The van der Waals surface area contributed by atoms with Crippen LogP contribution in [0.1, 0.15) is 0 Å². The third kappa shape index (κ3) is 3.06. The highest BCUT2D eigenvalue weighted by molar-refractivity contribution is 9.10. The highest BCUT2D eigenvalue weighted by atomic mass is 79.9. The summed E-state index contributed by atoms with van der Waals surface area (Å²) in [5.74, 6) is 6.39. The highest BCUT2D eigenvalue weighted by Gasteiger charge is 2.03. The van der Waals surface area contributed by atoms with Crippen molar-refractivity contribution in [3.8, 4) is 0 Å². The van der Waals surface area contributed by atoms with Crippen LogP contribution in [0.15, 0.2) is 35.1 Å². The Morgan fingerprint density at radius 3 is 2.65 bits per heavy atom. The number of anilines is 3. The molecule has 0 spiro atoms. The van der Waals surface area contributed by atoms with Gasteiger partial charge in [-0.05, 0) is 18.2 Å². The summed E-state index contributed by atoms with van der Waals surface area (Å²) in [6.45, 7) is 0. The second kappa shape index (κ2) is 5.31. The van der Waals surface area contributed by atoms with Crippen LogP contribution in [0, 0.1) is 0 Å². The molecule has 0 aliphatic carbocycles. The molecule has 0 amide bonds. The largest absolute Gasteiger partial charge is 0.339 e. The van der Waals surface area contributed by atoms with Crippen LogP contribution in [0.2, 0.25) is 5.02 Å². The third-order valence-electron chi connectivity index (χ3n) is 2.01. The summed E-state index contributed by atoms with van der Waals surface area (Å²) in [6.07, 6.45) is 1.41. The fraction of sp³-hybridized carbons (Fsp3) is 0. The summed E-state index contributed by atoms with van der Waals surface area (Å²) in [4.78, 5) is 7.97. The number of nitrogens with two attached hydrogens (primary N) is 1. The number of hydrogen-bond donors (Lipinski definition) is 3. The van der Waals surface area contributed by atoms with Gasteiger partial charge in [0.2, 0.25) is 0 Å². The van der Waals surface area contributed by atoms with Crippen LogP contribution in [-0.2, 0) is 0 Å². The van der Waals surface area contributed by atoms with E-state index in [0.717, 1.165) is 10.2 Å². The van der Waals surface area contributed by atoms with Crippen molar-refractivity contribution >= 4 is 44.9 Å². The van der Waals surface area contributed by atoms with Crippen LogP contribution in [0.5, 0.6) is 0 Å². The molecule has 2 rings (SSSR count). The van der Waals surface area contributed by atoms with Gasteiger partial charge in [-0.15, -0.1) is 0 Å². The van der Waals surface area contributed by atoms with E-state index in [-0.39, 0.29) is 0 Å². The maximum atomic E-state index is 6.08. The lowest BCUT2D eigenvalue weighted by Crippen LogP contribution is -2.09. The van der Waals surface area contributed by atoms with E-state index in [1.807, 2.05) is 12.1 Å². The van der Waals surface area contributed by atoms with Gasteiger partial charge in [0.25, 0.3) is 0 Å². The van der Waals surface area contributed by atoms with Crippen molar-refractivity contribution in [3.05, 3.63) is 40.1 Å². The van der Waals surface area contributed by atoms with Crippen molar-refractivity contribution in [1.29, 1.82) is 0 Å². The standard InChI is InChI=1S/C10H9BrClN5/c11-6-1-2-8(7(12)3-6)16-9-4-10(17-13)15-5-14-9/h1-5H,13H2,(H2,14,15,16,17). The number of aromatic nitrogens is 2. The van der Waals surface area contributed by atoms with E-state index in [4.69, 9.17) is 17.4 Å². The molecule has 0 saturated heterocycles. The van der Waals surface area contributed by atoms with Crippen LogP contribution < -0.4 is 16.6 Å². The number of nitrogens with one attached hydrogen (secondary N) is 2. The van der Waals surface area contributed by atoms with Crippen molar-refractivity contribution < 1.29 is 0 Å². The normalized spacial score (nSPS) is 10.1. The molecule has 4 N–H and O–H groups in total. The first kappa shape index (κ1) is 12.1. The molecule has 0 aliphatic rings. The summed E-state index contributed by atoms with van der Waals surface area (Å²) < 4.78 is 0.917. The minimum absolute atomic E-state index is 0.524. The predicted octanol–water partition coefficient (Wildman–Crippen LogP) is 2.92. The van der Waals surface area contributed by atoms with Gasteiger partial charge in [-0.2, -0.15) is 0 Å². The Bertz CT molecular complexity index is 534. The smallest absolute Gasteiger partial charge is 0.145 e. The minimum atomic E-state index is 0.524. The molecule has 17 heavy (non-hydrogen) atoms. The molecule has 88 valence electrons. The average Bonchev–Trinajstić information content (AvgIpc) is 2.33. The summed E-state index contributed by atoms with van der Waals surface area (Å²) in [6, 6.07) is 7.22. The summed E-state index contributed by atoms with van der Waals surface area (Å²) in [5, 5.41) is 3.67. The molecular weight excluding hydrogens is 306 g/mol. The van der Waals surface area contributed by atoms with E-state index >= 15 is 0 Å². The fourth-order valence-electron chi connectivity index (χ4n) is 1.23. The number of nitrogen functional groups attached to an aromatic ring is 1. The van der Waals surface area contributed by atoms with E-state index < -0.39 is 0 Å². The molecular formula is C10H9BrClN5. The molecule has 0 saturated carbocycles. The second-order valence-corrected chi connectivity index (χ2v) is 4.50. The molecule has 7 heteroatoms. The minimum Gasteiger partial charge on any atom is -0.339 e. The Kier molecular flexibility index (Phi) is 3.78. The number of nitrogens with zero attached hydrogens (tertiary/aromatic N) is 2. The van der Waals surface area contributed by atoms with Crippen molar-refractivity contribution in [2.75, 3.05) is 10.7 Å².